The van der Waals surface area contributed by atoms with E-state index in [2.05, 4.69) is 10.9 Å². The van der Waals surface area contributed by atoms with Crippen molar-refractivity contribution >= 4 is 17.6 Å². The van der Waals surface area contributed by atoms with Crippen LogP contribution >= 0.6 is 0 Å². The van der Waals surface area contributed by atoms with E-state index in [1.807, 2.05) is 31.2 Å². The number of amides is 3. The number of hydrogen-bond acceptors (Lipinski definition) is 3. The number of carbonyl (C=O) groups excluding carboxylic acids is 2. The van der Waals surface area contributed by atoms with E-state index in [1.165, 1.54) is 4.90 Å². The molecule has 0 radical (unpaired) electrons. The van der Waals surface area contributed by atoms with Gasteiger partial charge in [0.2, 0.25) is 0 Å². The molecule has 0 bridgehead atoms. The van der Waals surface area contributed by atoms with Crippen LogP contribution < -0.4 is 16.6 Å². The summed E-state index contributed by atoms with van der Waals surface area (Å²) in [6.07, 6.45) is 1.44. The van der Waals surface area contributed by atoms with Crippen LogP contribution in [0.2, 0.25) is 0 Å². The number of aryl methyl sites for hydroxylation is 1. The molecule has 1 heterocycles. The minimum atomic E-state index is -0.548. The normalized spacial score (nSPS) is 18.2. The molecule has 4 N–H and O–H groups in total. The summed E-state index contributed by atoms with van der Waals surface area (Å²) in [5.74, 6) is -0.239. The smallest absolute Gasteiger partial charge is 0.315 e. The fraction of sp³-hybridized carbons (Fsp3) is 0.385. The van der Waals surface area contributed by atoms with Crippen LogP contribution in [0.15, 0.2) is 24.3 Å². The molecule has 3 amide bonds. The second kappa shape index (κ2) is 5.60. The second-order valence-electron chi connectivity index (χ2n) is 4.67. The van der Waals surface area contributed by atoms with Crippen molar-refractivity contribution in [1.29, 1.82) is 0 Å². The number of hydrogen-bond donors (Lipinski definition) is 3. The van der Waals surface area contributed by atoms with Crippen molar-refractivity contribution in [1.82, 2.24) is 10.3 Å². The van der Waals surface area contributed by atoms with Gasteiger partial charge in [-0.1, -0.05) is 17.7 Å². The SMILES string of the molecule is Cc1ccc(NNC(=O)C2CCCN2C(N)=O)cc1. The number of rotatable bonds is 3. The lowest BCUT2D eigenvalue weighted by Crippen LogP contribution is -2.49. The topological polar surface area (TPSA) is 87.5 Å². The molecule has 6 heteroatoms. The van der Waals surface area contributed by atoms with Crippen molar-refractivity contribution in [2.75, 3.05) is 12.0 Å². The van der Waals surface area contributed by atoms with Crippen molar-refractivity contribution < 1.29 is 9.59 Å². The Balaban J connectivity index is 1.90. The van der Waals surface area contributed by atoms with Gasteiger partial charge in [-0.15, -0.1) is 0 Å². The Hall–Kier alpha value is -2.24. The minimum Gasteiger partial charge on any atom is -0.351 e. The van der Waals surface area contributed by atoms with Crippen LogP contribution in [0.25, 0.3) is 0 Å². The Labute approximate surface area is 111 Å². The van der Waals surface area contributed by atoms with Gasteiger partial charge in [-0.05, 0) is 31.9 Å². The van der Waals surface area contributed by atoms with Crippen LogP contribution in [0.5, 0.6) is 0 Å². The first-order valence-corrected chi connectivity index (χ1v) is 6.26. The lowest BCUT2D eigenvalue weighted by atomic mass is 10.2. The van der Waals surface area contributed by atoms with Gasteiger partial charge in [-0.2, -0.15) is 0 Å². The average Bonchev–Trinajstić information content (AvgIpc) is 2.87. The van der Waals surface area contributed by atoms with Gasteiger partial charge in [0.05, 0.1) is 5.69 Å². The molecule has 1 aliphatic heterocycles. The molecular weight excluding hydrogens is 244 g/mol. The molecule has 1 aromatic carbocycles. The van der Waals surface area contributed by atoms with Gasteiger partial charge in [-0.3, -0.25) is 15.6 Å². The van der Waals surface area contributed by atoms with Crippen LogP contribution in [-0.4, -0.2) is 29.4 Å². The Morgan fingerprint density at radius 3 is 2.63 bits per heavy atom. The number of hydrazine groups is 1. The number of likely N-dealkylation sites (tertiary alicyclic amines) is 1. The summed E-state index contributed by atoms with van der Waals surface area (Å²) in [7, 11) is 0. The third kappa shape index (κ3) is 3.15. The van der Waals surface area contributed by atoms with E-state index in [1.54, 1.807) is 0 Å². The largest absolute Gasteiger partial charge is 0.351 e. The average molecular weight is 262 g/mol. The highest BCUT2D eigenvalue weighted by molar-refractivity contribution is 5.87. The Bertz CT molecular complexity index is 472. The second-order valence-corrected chi connectivity index (χ2v) is 4.67. The standard InChI is InChI=1S/C13H18N4O2/c1-9-4-6-10(7-5-9)15-16-12(18)11-3-2-8-17(11)13(14)19/h4-7,11,15H,2-3,8H2,1H3,(H2,14,19)(H,16,18). The molecule has 1 unspecified atom stereocenters. The quantitative estimate of drug-likeness (QED) is 0.710. The van der Waals surface area contributed by atoms with Gasteiger partial charge < -0.3 is 10.6 Å². The molecule has 102 valence electrons. The van der Waals surface area contributed by atoms with Crippen molar-refractivity contribution in [3.63, 3.8) is 0 Å². The zero-order valence-electron chi connectivity index (χ0n) is 10.8. The summed E-state index contributed by atoms with van der Waals surface area (Å²) in [6.45, 7) is 2.53. The predicted molar refractivity (Wildman–Crippen MR) is 72.3 cm³/mol. The van der Waals surface area contributed by atoms with Gasteiger partial charge in [0.15, 0.2) is 0 Å². The van der Waals surface area contributed by atoms with Gasteiger partial charge in [0, 0.05) is 6.54 Å². The van der Waals surface area contributed by atoms with Gasteiger partial charge in [-0.25, -0.2) is 4.79 Å². The highest BCUT2D eigenvalue weighted by atomic mass is 16.2. The maximum absolute atomic E-state index is 12.0. The Morgan fingerprint density at radius 1 is 1.32 bits per heavy atom. The van der Waals surface area contributed by atoms with E-state index < -0.39 is 12.1 Å². The molecule has 1 atom stereocenters. The molecule has 0 spiro atoms. The first-order valence-electron chi connectivity index (χ1n) is 6.26. The van der Waals surface area contributed by atoms with Crippen LogP contribution in [0.3, 0.4) is 0 Å². The number of nitrogens with one attached hydrogen (secondary N) is 2. The fourth-order valence-electron chi connectivity index (χ4n) is 2.16. The van der Waals surface area contributed by atoms with Crippen LogP contribution in [0.4, 0.5) is 10.5 Å². The third-order valence-electron chi connectivity index (χ3n) is 3.22. The predicted octanol–water partition coefficient (Wildman–Crippen LogP) is 0.981. The summed E-state index contributed by atoms with van der Waals surface area (Å²) in [6, 6.07) is 6.61. The summed E-state index contributed by atoms with van der Waals surface area (Å²) >= 11 is 0. The molecule has 1 aliphatic rings. The first-order chi connectivity index (χ1) is 9.08. The number of primary amides is 1. The summed E-state index contributed by atoms with van der Waals surface area (Å²) in [4.78, 5) is 24.5. The van der Waals surface area contributed by atoms with E-state index >= 15 is 0 Å². The number of urea groups is 1. The highest BCUT2D eigenvalue weighted by Crippen LogP contribution is 2.16. The number of anilines is 1. The minimum absolute atomic E-state index is 0.239. The molecule has 19 heavy (non-hydrogen) atoms. The molecule has 0 aliphatic carbocycles. The van der Waals surface area contributed by atoms with Crippen molar-refractivity contribution in [2.45, 2.75) is 25.8 Å². The van der Waals surface area contributed by atoms with Crippen molar-refractivity contribution in [3.05, 3.63) is 29.8 Å². The molecule has 0 aromatic heterocycles. The van der Waals surface area contributed by atoms with E-state index in [9.17, 15) is 9.59 Å². The molecule has 6 nitrogen and oxygen atoms in total. The van der Waals surface area contributed by atoms with Crippen molar-refractivity contribution in [3.8, 4) is 0 Å². The van der Waals surface area contributed by atoms with Crippen LogP contribution in [0, 0.1) is 6.92 Å². The highest BCUT2D eigenvalue weighted by Gasteiger charge is 2.32. The van der Waals surface area contributed by atoms with E-state index in [-0.39, 0.29) is 5.91 Å². The molecular formula is C13H18N4O2. The molecule has 1 saturated heterocycles. The summed E-state index contributed by atoms with van der Waals surface area (Å²) in [5.41, 5.74) is 12.6. The maximum Gasteiger partial charge on any atom is 0.315 e. The number of nitrogens with two attached hydrogens (primary N) is 1. The first kappa shape index (κ1) is 13.2. The lowest BCUT2D eigenvalue weighted by Gasteiger charge is -2.22. The summed E-state index contributed by atoms with van der Waals surface area (Å²) < 4.78 is 0. The van der Waals surface area contributed by atoms with Crippen molar-refractivity contribution in [2.24, 2.45) is 5.73 Å². The van der Waals surface area contributed by atoms with Gasteiger partial charge >= 0.3 is 6.03 Å². The fourth-order valence-corrected chi connectivity index (χ4v) is 2.16. The number of nitrogens with zero attached hydrogens (tertiary/aromatic N) is 1. The van der Waals surface area contributed by atoms with Crippen LogP contribution in [0.1, 0.15) is 18.4 Å². The van der Waals surface area contributed by atoms with E-state index in [0.717, 1.165) is 17.7 Å². The van der Waals surface area contributed by atoms with Gasteiger partial charge in [0.1, 0.15) is 6.04 Å². The van der Waals surface area contributed by atoms with E-state index in [0.29, 0.717) is 13.0 Å². The zero-order chi connectivity index (χ0) is 13.8. The molecule has 2 rings (SSSR count). The van der Waals surface area contributed by atoms with Gasteiger partial charge in [0.25, 0.3) is 5.91 Å². The number of carbonyl (C=O) groups is 2. The zero-order valence-corrected chi connectivity index (χ0v) is 10.8. The Morgan fingerprint density at radius 2 is 2.00 bits per heavy atom. The maximum atomic E-state index is 12.0. The lowest BCUT2D eigenvalue weighted by molar-refractivity contribution is -0.124. The van der Waals surface area contributed by atoms with E-state index in [4.69, 9.17) is 5.73 Å². The number of benzene rings is 1. The molecule has 1 fully saturated rings. The molecule has 1 aromatic rings. The molecule has 0 saturated carbocycles. The monoisotopic (exact) mass is 262 g/mol. The third-order valence-corrected chi connectivity index (χ3v) is 3.22. The Kier molecular flexibility index (Phi) is 3.89. The summed E-state index contributed by atoms with van der Waals surface area (Å²) in [5, 5.41) is 0. The van der Waals surface area contributed by atoms with Crippen LogP contribution in [-0.2, 0) is 4.79 Å².